The van der Waals surface area contributed by atoms with E-state index in [0.29, 0.717) is 5.82 Å². The second-order valence-electron chi connectivity index (χ2n) is 9.74. The van der Waals surface area contributed by atoms with Crippen molar-refractivity contribution in [3.05, 3.63) is 35.3 Å². The summed E-state index contributed by atoms with van der Waals surface area (Å²) >= 11 is 7.99. The number of ether oxygens (including phenoxy) is 1. The van der Waals surface area contributed by atoms with E-state index in [2.05, 4.69) is 54.7 Å². The number of thiol groups is 2. The van der Waals surface area contributed by atoms with Crippen molar-refractivity contribution in [2.75, 3.05) is 24.3 Å². The van der Waals surface area contributed by atoms with Crippen molar-refractivity contribution in [3.8, 4) is 0 Å². The first-order valence-electron chi connectivity index (χ1n) is 12.4. The molecule has 3 fully saturated rings. The van der Waals surface area contributed by atoms with Crippen LogP contribution in [0.3, 0.4) is 0 Å². The van der Waals surface area contributed by atoms with Gasteiger partial charge in [0.2, 0.25) is 5.95 Å². The Balaban J connectivity index is 1.29. The number of H-pyrrole nitrogens is 1. The fourth-order valence-electron chi connectivity index (χ4n) is 5.11. The van der Waals surface area contributed by atoms with Crippen molar-refractivity contribution in [1.29, 1.82) is 0 Å². The van der Waals surface area contributed by atoms with Crippen LogP contribution < -0.4 is 16.6 Å². The van der Waals surface area contributed by atoms with Gasteiger partial charge < -0.3 is 20.3 Å². The van der Waals surface area contributed by atoms with Crippen LogP contribution in [0.25, 0.3) is 11.2 Å². The van der Waals surface area contributed by atoms with Crippen molar-refractivity contribution in [2.24, 2.45) is 5.92 Å². The SMILES string of the molecule is Nc1nc2c(ncn2[C@@H]2O[C@@H]3CO[P@@](=O)(S)O[C@@H]4[C@@H](CO[P@@](=O)(S)O[C@@H]2[C@@H]3F)C[C@@H](Nc2ccncn2)[C@@H]4F)c(=O)[nH]1. The van der Waals surface area contributed by atoms with Gasteiger partial charge in [0.1, 0.15) is 36.6 Å². The number of nitrogen functional groups attached to an aromatic ring is 1. The summed E-state index contributed by atoms with van der Waals surface area (Å²) in [5.74, 6) is -0.750. The lowest BCUT2D eigenvalue weighted by Gasteiger charge is -2.27. The average molecular weight is 669 g/mol. The van der Waals surface area contributed by atoms with Crippen LogP contribution in [0.15, 0.2) is 29.7 Å². The Bertz CT molecular complexity index is 1620. The van der Waals surface area contributed by atoms with Crippen LogP contribution in [0.5, 0.6) is 0 Å². The summed E-state index contributed by atoms with van der Waals surface area (Å²) in [5, 5.41) is 2.92. The van der Waals surface area contributed by atoms with Gasteiger partial charge in [-0.3, -0.25) is 27.9 Å². The molecule has 3 aliphatic rings. The van der Waals surface area contributed by atoms with Gasteiger partial charge in [0.25, 0.3) is 5.56 Å². The van der Waals surface area contributed by atoms with Crippen LogP contribution in [0.2, 0.25) is 0 Å². The fraction of sp³-hybridized carbons (Fsp3) is 0.550. The third kappa shape index (κ3) is 5.96. The zero-order valence-corrected chi connectivity index (χ0v) is 24.8. The summed E-state index contributed by atoms with van der Waals surface area (Å²) < 4.78 is 86.7. The van der Waals surface area contributed by atoms with Crippen molar-refractivity contribution in [2.45, 2.75) is 49.3 Å². The van der Waals surface area contributed by atoms with Gasteiger partial charge in [-0.05, 0) is 12.5 Å². The molecule has 0 spiro atoms. The number of hydrogen-bond acceptors (Lipinski definition) is 14. The van der Waals surface area contributed by atoms with Crippen molar-refractivity contribution in [3.63, 3.8) is 0 Å². The van der Waals surface area contributed by atoms with Crippen LogP contribution in [-0.4, -0.2) is 79.4 Å². The number of aromatic nitrogens is 6. The number of imidazole rings is 1. The van der Waals surface area contributed by atoms with Gasteiger partial charge in [0.15, 0.2) is 23.6 Å². The number of anilines is 2. The largest absolute Gasteiger partial charge is 0.386 e. The molecular weight excluding hydrogens is 644 g/mol. The first kappa shape index (κ1) is 29.9. The van der Waals surface area contributed by atoms with E-state index in [4.69, 9.17) is 28.6 Å². The summed E-state index contributed by atoms with van der Waals surface area (Å²) in [6.45, 7) is -9.81. The number of halogens is 2. The molecule has 4 N–H and O–H groups in total. The van der Waals surface area contributed by atoms with E-state index in [1.807, 2.05) is 0 Å². The van der Waals surface area contributed by atoms with Gasteiger partial charge in [0.05, 0.1) is 25.6 Å². The molecule has 0 amide bonds. The quantitative estimate of drug-likeness (QED) is 0.201. The molecular formula is C20H24F2N8O8P2S2. The van der Waals surface area contributed by atoms with E-state index in [0.717, 1.165) is 6.33 Å². The number of aromatic amines is 1. The van der Waals surface area contributed by atoms with Gasteiger partial charge in [0, 0.05) is 12.1 Å². The van der Waals surface area contributed by atoms with Crippen molar-refractivity contribution >= 4 is 61.0 Å². The molecule has 228 valence electrons. The third-order valence-electron chi connectivity index (χ3n) is 6.99. The highest BCUT2D eigenvalue weighted by molar-refractivity contribution is 8.44. The molecule has 10 atom stereocenters. The molecule has 42 heavy (non-hydrogen) atoms. The standard InChI is InChI=1S/C20H24F2N8O8P2S2/c21-12-9(27-11-1-2-24-6-25-11)3-8-4-34-39(32,41)38-16-13(22)10(5-35-40(33,42)37-15(8)12)36-19(16)30-7-26-14-17(30)28-20(23)29-18(14)31/h1-2,6-10,12-13,15-16,19H,3-5H2,(H,32,41)(H,33,42)(H,24,25,27)(H3,23,28,29,31)/t8-,9-,10-,12+,13-,15-,16-,19-,39-,40-/m1/s1. The lowest BCUT2D eigenvalue weighted by atomic mass is 10.1. The van der Waals surface area contributed by atoms with Gasteiger partial charge in [-0.2, -0.15) is 4.98 Å². The van der Waals surface area contributed by atoms with Crippen LogP contribution >= 0.6 is 38.1 Å². The van der Waals surface area contributed by atoms with Gasteiger partial charge in [-0.15, -0.1) is 0 Å². The molecule has 22 heteroatoms. The Kier molecular flexibility index (Phi) is 8.12. The molecule has 6 rings (SSSR count). The van der Waals surface area contributed by atoms with Crippen molar-refractivity contribution < 1.29 is 40.7 Å². The zero-order valence-electron chi connectivity index (χ0n) is 21.2. The highest BCUT2D eigenvalue weighted by Gasteiger charge is 2.53. The Morgan fingerprint density at radius 2 is 1.83 bits per heavy atom. The molecule has 2 saturated heterocycles. The molecule has 16 nitrogen and oxygen atoms in total. The molecule has 1 saturated carbocycles. The molecule has 1 aliphatic carbocycles. The average Bonchev–Trinajstić information content (AvgIpc) is 3.57. The molecule has 5 heterocycles. The molecule has 3 aromatic rings. The number of hydrogen-bond donors (Lipinski definition) is 5. The number of nitrogens with zero attached hydrogens (tertiary/aromatic N) is 5. The summed E-state index contributed by atoms with van der Waals surface area (Å²) in [7, 11) is 0. The third-order valence-corrected chi connectivity index (χ3v) is 10.2. The summed E-state index contributed by atoms with van der Waals surface area (Å²) in [5.41, 5.74) is 4.79. The van der Waals surface area contributed by atoms with Gasteiger partial charge >= 0.3 is 13.6 Å². The lowest BCUT2D eigenvalue weighted by Crippen LogP contribution is -2.34. The van der Waals surface area contributed by atoms with Crippen LogP contribution in [-0.2, 0) is 32.0 Å². The number of fused-ring (bicyclic) bond motifs is 4. The zero-order chi connectivity index (χ0) is 29.8. The lowest BCUT2D eigenvalue weighted by molar-refractivity contribution is -0.0479. The highest BCUT2D eigenvalue weighted by atomic mass is 32.7. The molecule has 2 aliphatic heterocycles. The van der Waals surface area contributed by atoms with Crippen LogP contribution in [0.4, 0.5) is 20.5 Å². The van der Waals surface area contributed by atoms with E-state index < -0.39 is 81.2 Å². The maximum atomic E-state index is 15.7. The Morgan fingerprint density at radius 3 is 2.57 bits per heavy atom. The minimum absolute atomic E-state index is 0.0591. The van der Waals surface area contributed by atoms with E-state index in [9.17, 15) is 13.9 Å². The fourth-order valence-corrected chi connectivity index (χ4v) is 8.13. The van der Waals surface area contributed by atoms with E-state index in [1.54, 1.807) is 0 Å². The minimum atomic E-state index is -4.36. The molecule has 0 unspecified atom stereocenters. The Labute approximate surface area is 245 Å². The molecule has 0 radical (unpaired) electrons. The van der Waals surface area contributed by atoms with Crippen LogP contribution in [0.1, 0.15) is 12.6 Å². The topological polar surface area (TPSA) is 208 Å². The maximum absolute atomic E-state index is 15.7. The monoisotopic (exact) mass is 668 g/mol. The second kappa shape index (κ2) is 11.4. The predicted molar refractivity (Wildman–Crippen MR) is 149 cm³/mol. The summed E-state index contributed by atoms with van der Waals surface area (Å²) in [6, 6.07) is 0.654. The predicted octanol–water partition coefficient (Wildman–Crippen LogP) is 2.46. The second-order valence-corrected chi connectivity index (χ2v) is 15.5. The number of nitrogens with two attached hydrogens (primary N) is 1. The molecule has 3 aromatic heterocycles. The van der Waals surface area contributed by atoms with Gasteiger partial charge in [-0.25, -0.2) is 32.9 Å². The number of alkyl halides is 2. The molecule has 0 aromatic carbocycles. The van der Waals surface area contributed by atoms with E-state index in [1.165, 1.54) is 23.2 Å². The highest BCUT2D eigenvalue weighted by Crippen LogP contribution is 2.60. The number of nitrogens with one attached hydrogen (secondary N) is 2. The smallest absolute Gasteiger partial charge is 0.369 e. The Morgan fingerprint density at radius 1 is 1.10 bits per heavy atom. The van der Waals surface area contributed by atoms with Gasteiger partial charge in [-0.1, -0.05) is 24.5 Å². The Hall–Kier alpha value is -2.15. The normalized spacial score (nSPS) is 39.2. The maximum Gasteiger partial charge on any atom is 0.386 e. The van der Waals surface area contributed by atoms with Crippen LogP contribution in [0, 0.1) is 5.92 Å². The first-order chi connectivity index (χ1) is 19.9. The number of rotatable bonds is 3. The van der Waals surface area contributed by atoms with Crippen molar-refractivity contribution in [1.82, 2.24) is 29.5 Å². The first-order valence-corrected chi connectivity index (χ1v) is 17.8. The minimum Gasteiger partial charge on any atom is -0.369 e. The summed E-state index contributed by atoms with van der Waals surface area (Å²) in [6.07, 6.45) is -5.83. The summed E-state index contributed by atoms with van der Waals surface area (Å²) in [4.78, 5) is 30.4. The van der Waals surface area contributed by atoms with E-state index in [-0.39, 0.29) is 23.5 Å². The molecule has 2 bridgehead atoms. The van der Waals surface area contributed by atoms with E-state index >= 15 is 8.78 Å².